The molecule has 4 N–H and O–H groups in total. The second-order valence-electron chi connectivity index (χ2n) is 6.20. The number of nitrogens with zero attached hydrogens (tertiary/aromatic N) is 1. The van der Waals surface area contributed by atoms with Crippen molar-refractivity contribution >= 4 is 23.1 Å². The molecule has 0 saturated carbocycles. The number of para-hydroxylation sites is 2. The van der Waals surface area contributed by atoms with Crippen LogP contribution in [-0.2, 0) is 0 Å². The van der Waals surface area contributed by atoms with E-state index >= 15 is 0 Å². The summed E-state index contributed by atoms with van der Waals surface area (Å²) in [7, 11) is 0. The molecule has 134 valence electrons. The van der Waals surface area contributed by atoms with Crippen LogP contribution in [0.3, 0.4) is 0 Å². The molecular weight excluding hydrogens is 336 g/mol. The van der Waals surface area contributed by atoms with Crippen LogP contribution in [0.5, 0.6) is 0 Å². The molecule has 3 rings (SSSR count). The van der Waals surface area contributed by atoms with E-state index in [1.807, 2.05) is 24.3 Å². The Morgan fingerprint density at radius 3 is 1.92 bits per heavy atom. The van der Waals surface area contributed by atoms with Gasteiger partial charge in [0, 0.05) is 9.79 Å². The molecule has 1 heterocycles. The molecule has 1 aliphatic heterocycles. The molecule has 0 aliphatic carbocycles. The van der Waals surface area contributed by atoms with Gasteiger partial charge in [-0.05, 0) is 24.3 Å². The third-order valence-corrected chi connectivity index (χ3v) is 5.51. The average molecular weight is 361 g/mol. The van der Waals surface area contributed by atoms with Crippen LogP contribution in [0.2, 0.25) is 0 Å². The van der Waals surface area contributed by atoms with Crippen LogP contribution in [0.1, 0.15) is 0 Å². The van der Waals surface area contributed by atoms with Gasteiger partial charge in [-0.25, -0.2) is 0 Å². The lowest BCUT2D eigenvalue weighted by Gasteiger charge is -2.34. The minimum absolute atomic E-state index is 0.0497. The minimum atomic E-state index is -0.558. The van der Waals surface area contributed by atoms with E-state index in [-0.39, 0.29) is 13.2 Å². The number of aliphatic hydroxyl groups excluding tert-OH is 3. The maximum absolute atomic E-state index is 10.6. The molecule has 0 amide bonds. The first-order chi connectivity index (χ1) is 12.2. The highest BCUT2D eigenvalue weighted by molar-refractivity contribution is 7.99. The zero-order valence-corrected chi connectivity index (χ0v) is 15.0. The molecule has 1 unspecified atom stereocenters. The Bertz CT molecular complexity index is 646. The van der Waals surface area contributed by atoms with E-state index in [0.29, 0.717) is 26.2 Å². The number of fused-ring (bicyclic) bond motifs is 2. The minimum Gasteiger partial charge on any atom is -0.391 e. The Hall–Kier alpha value is -1.57. The van der Waals surface area contributed by atoms with Gasteiger partial charge in [-0.15, -0.1) is 0 Å². The molecule has 0 saturated heterocycles. The van der Waals surface area contributed by atoms with Crippen molar-refractivity contribution in [2.75, 3.05) is 44.3 Å². The molecule has 2 aromatic carbocycles. The quantitative estimate of drug-likeness (QED) is 0.552. The molecule has 0 spiro atoms. The Morgan fingerprint density at radius 2 is 1.40 bits per heavy atom. The first kappa shape index (κ1) is 18.2. The van der Waals surface area contributed by atoms with E-state index in [1.165, 1.54) is 9.79 Å². The van der Waals surface area contributed by atoms with E-state index in [1.54, 1.807) is 11.8 Å². The molecule has 1 atom stereocenters. The molecule has 0 bridgehead atoms. The Kier molecular flexibility index (Phi) is 6.34. The Labute approximate surface area is 152 Å². The van der Waals surface area contributed by atoms with Gasteiger partial charge in [0.2, 0.25) is 0 Å². The summed E-state index contributed by atoms with van der Waals surface area (Å²) in [6, 6.07) is 16.5. The molecule has 0 radical (unpaired) electrons. The van der Waals surface area contributed by atoms with E-state index < -0.39 is 6.10 Å². The number of hydrogen-bond acceptors (Lipinski definition) is 5. The van der Waals surface area contributed by atoms with E-state index in [0.717, 1.165) is 16.3 Å². The Balaban J connectivity index is 1.79. The maximum atomic E-state index is 10.6. The summed E-state index contributed by atoms with van der Waals surface area (Å²) < 4.78 is 0. The van der Waals surface area contributed by atoms with Crippen LogP contribution < -0.4 is 9.80 Å². The van der Waals surface area contributed by atoms with Crippen LogP contribution in [0.15, 0.2) is 58.3 Å². The van der Waals surface area contributed by atoms with Crippen molar-refractivity contribution in [3.05, 3.63) is 48.5 Å². The van der Waals surface area contributed by atoms with E-state index in [2.05, 4.69) is 29.2 Å². The van der Waals surface area contributed by atoms with Gasteiger partial charge < -0.3 is 25.1 Å². The number of β-amino-alcohol motifs (C(OH)–C–C–N with tert-alkyl or cyclic N) is 1. The number of anilines is 2. The monoisotopic (exact) mass is 361 g/mol. The van der Waals surface area contributed by atoms with Gasteiger partial charge in [0.1, 0.15) is 25.7 Å². The molecule has 6 heteroatoms. The number of benzene rings is 2. The molecule has 25 heavy (non-hydrogen) atoms. The molecule has 1 aliphatic rings. The lowest BCUT2D eigenvalue weighted by atomic mass is 10.2. The lowest BCUT2D eigenvalue weighted by molar-refractivity contribution is -0.903. The molecular formula is C19H25N2O3S+. The van der Waals surface area contributed by atoms with E-state index in [4.69, 9.17) is 10.2 Å². The van der Waals surface area contributed by atoms with Crippen molar-refractivity contribution in [1.82, 2.24) is 0 Å². The molecule has 0 aromatic heterocycles. The fourth-order valence-corrected chi connectivity index (χ4v) is 4.33. The summed E-state index contributed by atoms with van der Waals surface area (Å²) in [6.07, 6.45) is -0.558. The van der Waals surface area contributed by atoms with Gasteiger partial charge >= 0.3 is 0 Å². The van der Waals surface area contributed by atoms with Crippen molar-refractivity contribution in [2.45, 2.75) is 15.9 Å². The van der Waals surface area contributed by atoms with Crippen molar-refractivity contribution in [3.8, 4) is 0 Å². The third kappa shape index (κ3) is 4.34. The summed E-state index contributed by atoms with van der Waals surface area (Å²) in [5, 5.41) is 29.0. The summed E-state index contributed by atoms with van der Waals surface area (Å²) in [5.41, 5.74) is 2.22. The standard InChI is InChI=1S/C19H24N2O3S/c22-11-9-20(10-12-23)13-15(24)14-21-16-5-1-3-7-18(16)25-19-8-4-2-6-17(19)21/h1-8,15,22-24H,9-14H2/p+1. The van der Waals surface area contributed by atoms with Gasteiger partial charge in [0.05, 0.1) is 31.1 Å². The fraction of sp³-hybridized carbons (Fsp3) is 0.368. The second kappa shape index (κ2) is 8.69. The maximum Gasteiger partial charge on any atom is 0.121 e. The molecule has 5 nitrogen and oxygen atoms in total. The highest BCUT2D eigenvalue weighted by Gasteiger charge is 2.26. The third-order valence-electron chi connectivity index (χ3n) is 4.38. The highest BCUT2D eigenvalue weighted by Crippen LogP contribution is 2.47. The van der Waals surface area contributed by atoms with Gasteiger partial charge in [0.15, 0.2) is 0 Å². The fourth-order valence-electron chi connectivity index (χ4n) is 3.23. The smallest absolute Gasteiger partial charge is 0.121 e. The SMILES string of the molecule is OCC[NH+](CCO)CC(O)CN1c2ccccc2Sc2ccccc21. The van der Waals surface area contributed by atoms with Gasteiger partial charge in [-0.2, -0.15) is 0 Å². The van der Waals surface area contributed by atoms with Crippen molar-refractivity contribution in [2.24, 2.45) is 0 Å². The van der Waals surface area contributed by atoms with Crippen LogP contribution in [0, 0.1) is 0 Å². The predicted molar refractivity (Wildman–Crippen MR) is 99.8 cm³/mol. The summed E-state index contributed by atoms with van der Waals surface area (Å²) in [6.45, 7) is 2.13. The van der Waals surface area contributed by atoms with Gasteiger partial charge in [-0.3, -0.25) is 0 Å². The van der Waals surface area contributed by atoms with Crippen LogP contribution >= 0.6 is 11.8 Å². The first-order valence-electron chi connectivity index (χ1n) is 8.59. The first-order valence-corrected chi connectivity index (χ1v) is 9.41. The number of hydrogen-bond donors (Lipinski definition) is 4. The van der Waals surface area contributed by atoms with Crippen LogP contribution in [0.4, 0.5) is 11.4 Å². The van der Waals surface area contributed by atoms with Crippen molar-refractivity contribution in [1.29, 1.82) is 0 Å². The van der Waals surface area contributed by atoms with Crippen LogP contribution in [0.25, 0.3) is 0 Å². The number of nitrogens with one attached hydrogen (secondary N) is 1. The van der Waals surface area contributed by atoms with E-state index in [9.17, 15) is 5.11 Å². The summed E-state index contributed by atoms with van der Waals surface area (Å²) >= 11 is 1.75. The van der Waals surface area contributed by atoms with Crippen molar-refractivity contribution in [3.63, 3.8) is 0 Å². The second-order valence-corrected chi connectivity index (χ2v) is 7.29. The highest BCUT2D eigenvalue weighted by atomic mass is 32.2. The average Bonchev–Trinajstić information content (AvgIpc) is 2.62. The predicted octanol–water partition coefficient (Wildman–Crippen LogP) is 0.520. The van der Waals surface area contributed by atoms with Crippen LogP contribution in [-0.4, -0.2) is 60.8 Å². The topological polar surface area (TPSA) is 68.4 Å². The lowest BCUT2D eigenvalue weighted by Crippen LogP contribution is -3.14. The molecule has 2 aromatic rings. The largest absolute Gasteiger partial charge is 0.391 e. The number of rotatable bonds is 8. The Morgan fingerprint density at radius 1 is 0.880 bits per heavy atom. The number of quaternary nitrogens is 1. The summed E-state index contributed by atoms with van der Waals surface area (Å²) in [4.78, 5) is 5.54. The van der Waals surface area contributed by atoms with Gasteiger partial charge in [-0.1, -0.05) is 36.0 Å². The van der Waals surface area contributed by atoms with Gasteiger partial charge in [0.25, 0.3) is 0 Å². The van der Waals surface area contributed by atoms with Crippen molar-refractivity contribution < 1.29 is 20.2 Å². The molecule has 0 fully saturated rings. The number of aliphatic hydroxyl groups is 3. The summed E-state index contributed by atoms with van der Waals surface area (Å²) in [5.74, 6) is 0. The normalized spacial score (nSPS) is 14.3. The zero-order valence-electron chi connectivity index (χ0n) is 14.1. The zero-order chi connectivity index (χ0) is 17.6.